The van der Waals surface area contributed by atoms with Gasteiger partial charge in [-0.25, -0.2) is 4.79 Å². The number of hydrogen-bond donors (Lipinski definition) is 0. The molecule has 0 unspecified atom stereocenters. The predicted octanol–water partition coefficient (Wildman–Crippen LogP) is 3.02. The summed E-state index contributed by atoms with van der Waals surface area (Å²) in [4.78, 5) is 59.1. The van der Waals surface area contributed by atoms with E-state index in [1.807, 2.05) is 0 Å². The molecule has 2 amide bonds. The molecule has 1 aliphatic carbocycles. The van der Waals surface area contributed by atoms with Gasteiger partial charge in [0.1, 0.15) is 11.2 Å². The van der Waals surface area contributed by atoms with Gasteiger partial charge in [0.05, 0.1) is 16.4 Å². The topological polar surface area (TPSA) is 116 Å². The Kier molecular flexibility index (Phi) is 5.20. The number of nitrogens with zero attached hydrogens (tertiary/aromatic N) is 2. The van der Waals surface area contributed by atoms with Crippen LogP contribution in [-0.4, -0.2) is 39.2 Å². The first-order chi connectivity index (χ1) is 13.1. The second-order valence-corrected chi connectivity index (χ2v) is 8.04. The van der Waals surface area contributed by atoms with Gasteiger partial charge in [-0.2, -0.15) is 4.89 Å². The smallest absolute Gasteiger partial charge is 0.298 e. The normalized spacial score (nSPS) is 22.2. The molecule has 1 aromatic carbocycles. The van der Waals surface area contributed by atoms with Crippen LogP contribution in [0, 0.1) is 16.0 Å². The molecule has 1 aliphatic heterocycles. The Labute approximate surface area is 161 Å². The van der Waals surface area contributed by atoms with Crippen LogP contribution in [0.15, 0.2) is 18.2 Å². The van der Waals surface area contributed by atoms with E-state index in [1.165, 1.54) is 18.2 Å². The van der Waals surface area contributed by atoms with Crippen molar-refractivity contribution in [3.8, 4) is 0 Å². The second kappa shape index (κ2) is 7.31. The summed E-state index contributed by atoms with van der Waals surface area (Å²) in [6.07, 6.45) is 1.72. The fraction of sp³-hybridized carbons (Fsp3) is 0.526. The zero-order valence-electron chi connectivity index (χ0n) is 16.0. The lowest BCUT2D eigenvalue weighted by Gasteiger charge is -2.32. The highest BCUT2D eigenvalue weighted by Crippen LogP contribution is 2.36. The third-order valence-electron chi connectivity index (χ3n) is 4.89. The van der Waals surface area contributed by atoms with Crippen LogP contribution < -0.4 is 0 Å². The van der Waals surface area contributed by atoms with E-state index in [1.54, 1.807) is 20.8 Å². The van der Waals surface area contributed by atoms with E-state index in [0.29, 0.717) is 25.7 Å². The van der Waals surface area contributed by atoms with Gasteiger partial charge in [0.2, 0.25) is 0 Å². The van der Waals surface area contributed by atoms with Crippen molar-refractivity contribution < 1.29 is 29.1 Å². The van der Waals surface area contributed by atoms with Gasteiger partial charge < -0.3 is 0 Å². The molecule has 1 saturated carbocycles. The van der Waals surface area contributed by atoms with Crippen molar-refractivity contribution in [3.05, 3.63) is 39.4 Å². The number of benzene rings is 1. The van der Waals surface area contributed by atoms with Crippen LogP contribution in [0.4, 0.5) is 5.69 Å². The zero-order chi connectivity index (χ0) is 20.6. The summed E-state index contributed by atoms with van der Waals surface area (Å²) >= 11 is 0. The van der Waals surface area contributed by atoms with Gasteiger partial charge in [-0.15, -0.1) is 0 Å². The standard InChI is InChI=1S/C19H22N2O7/c1-19(2,3)28-27-18(24)11-7-9-12(10-8-11)20-16(22)13-5-4-6-14(21(25)26)15(13)17(20)23/h4-6,11-12H,7-10H2,1-3H3. The van der Waals surface area contributed by atoms with Crippen LogP contribution in [0.3, 0.4) is 0 Å². The highest BCUT2D eigenvalue weighted by atomic mass is 17.2. The predicted molar refractivity (Wildman–Crippen MR) is 96.3 cm³/mol. The molecule has 1 aromatic rings. The van der Waals surface area contributed by atoms with Crippen molar-refractivity contribution in [1.29, 1.82) is 0 Å². The van der Waals surface area contributed by atoms with Gasteiger partial charge in [0, 0.05) is 12.1 Å². The summed E-state index contributed by atoms with van der Waals surface area (Å²) in [5, 5.41) is 11.2. The van der Waals surface area contributed by atoms with Gasteiger partial charge in [-0.05, 0) is 52.5 Å². The van der Waals surface area contributed by atoms with Gasteiger partial charge >= 0.3 is 5.97 Å². The average Bonchev–Trinajstić information content (AvgIpc) is 2.90. The summed E-state index contributed by atoms with van der Waals surface area (Å²) in [7, 11) is 0. The molecule has 0 N–H and O–H groups in total. The van der Waals surface area contributed by atoms with E-state index < -0.39 is 34.3 Å². The molecular formula is C19H22N2O7. The number of imide groups is 1. The molecule has 0 atom stereocenters. The zero-order valence-corrected chi connectivity index (χ0v) is 16.0. The minimum Gasteiger partial charge on any atom is -0.298 e. The Morgan fingerprint density at radius 1 is 1.14 bits per heavy atom. The summed E-state index contributed by atoms with van der Waals surface area (Å²) in [6.45, 7) is 5.29. The maximum Gasteiger partial charge on any atom is 0.345 e. The Hall–Kier alpha value is -2.81. The van der Waals surface area contributed by atoms with Crippen LogP contribution in [-0.2, 0) is 14.6 Å². The molecule has 3 rings (SSSR count). The summed E-state index contributed by atoms with van der Waals surface area (Å²) in [6, 6.07) is 3.64. The molecule has 1 heterocycles. The van der Waals surface area contributed by atoms with Gasteiger partial charge in [-0.3, -0.25) is 29.5 Å². The first-order valence-electron chi connectivity index (χ1n) is 9.15. The number of fused-ring (bicyclic) bond motifs is 1. The average molecular weight is 390 g/mol. The van der Waals surface area contributed by atoms with E-state index in [9.17, 15) is 24.5 Å². The quantitative estimate of drug-likeness (QED) is 0.336. The van der Waals surface area contributed by atoms with Gasteiger partial charge in [-0.1, -0.05) is 6.07 Å². The molecule has 9 heteroatoms. The number of hydrogen-bond acceptors (Lipinski definition) is 7. The summed E-state index contributed by atoms with van der Waals surface area (Å²) in [5.74, 6) is -2.00. The number of carbonyl (C=O) groups is 3. The Bertz CT molecular complexity index is 835. The molecule has 9 nitrogen and oxygen atoms in total. The first-order valence-corrected chi connectivity index (χ1v) is 9.15. The van der Waals surface area contributed by atoms with Crippen LogP contribution in [0.2, 0.25) is 0 Å². The van der Waals surface area contributed by atoms with E-state index in [2.05, 4.69) is 0 Å². The van der Waals surface area contributed by atoms with E-state index >= 15 is 0 Å². The lowest BCUT2D eigenvalue weighted by Crippen LogP contribution is -2.43. The molecule has 28 heavy (non-hydrogen) atoms. The van der Waals surface area contributed by atoms with Crippen molar-refractivity contribution in [2.75, 3.05) is 0 Å². The largest absolute Gasteiger partial charge is 0.345 e. The summed E-state index contributed by atoms with van der Waals surface area (Å²) in [5.41, 5.74) is -1.08. The number of carbonyl (C=O) groups excluding carboxylic acids is 3. The van der Waals surface area contributed by atoms with Crippen molar-refractivity contribution in [2.45, 2.75) is 58.1 Å². The summed E-state index contributed by atoms with van der Waals surface area (Å²) < 4.78 is 0. The minimum atomic E-state index is -0.657. The molecule has 150 valence electrons. The monoisotopic (exact) mass is 390 g/mol. The number of amides is 2. The number of rotatable bonds is 4. The van der Waals surface area contributed by atoms with Crippen molar-refractivity contribution in [1.82, 2.24) is 4.90 Å². The van der Waals surface area contributed by atoms with E-state index in [4.69, 9.17) is 9.78 Å². The Balaban J connectivity index is 1.68. The van der Waals surface area contributed by atoms with Crippen LogP contribution >= 0.6 is 0 Å². The molecule has 2 aliphatic rings. The maximum atomic E-state index is 12.7. The third kappa shape index (κ3) is 3.75. The molecule has 0 radical (unpaired) electrons. The first kappa shape index (κ1) is 19.9. The van der Waals surface area contributed by atoms with Crippen molar-refractivity contribution in [3.63, 3.8) is 0 Å². The fourth-order valence-corrected chi connectivity index (χ4v) is 3.57. The molecule has 0 aromatic heterocycles. The lowest BCUT2D eigenvalue weighted by molar-refractivity contribution is -0.385. The van der Waals surface area contributed by atoms with Crippen molar-refractivity contribution >= 4 is 23.5 Å². The van der Waals surface area contributed by atoms with E-state index in [0.717, 1.165) is 4.90 Å². The van der Waals surface area contributed by atoms with Crippen molar-refractivity contribution in [2.24, 2.45) is 5.92 Å². The van der Waals surface area contributed by atoms with Crippen LogP contribution in [0.5, 0.6) is 0 Å². The Morgan fingerprint density at radius 3 is 2.36 bits per heavy atom. The highest BCUT2D eigenvalue weighted by molar-refractivity contribution is 6.23. The number of nitro groups is 1. The SMILES string of the molecule is CC(C)(C)OOC(=O)C1CCC(N2C(=O)c3cccc([N+](=O)[O-])c3C2=O)CC1. The van der Waals surface area contributed by atoms with Crippen LogP contribution in [0.1, 0.15) is 67.2 Å². The fourth-order valence-electron chi connectivity index (χ4n) is 3.57. The van der Waals surface area contributed by atoms with Crippen LogP contribution in [0.25, 0.3) is 0 Å². The molecule has 1 fully saturated rings. The lowest BCUT2D eigenvalue weighted by atomic mass is 9.85. The van der Waals surface area contributed by atoms with Gasteiger partial charge in [0.15, 0.2) is 0 Å². The minimum absolute atomic E-state index is 0.0549. The second-order valence-electron chi connectivity index (χ2n) is 8.04. The molecule has 0 saturated heterocycles. The van der Waals surface area contributed by atoms with Gasteiger partial charge in [0.25, 0.3) is 17.5 Å². The Morgan fingerprint density at radius 2 is 1.79 bits per heavy atom. The third-order valence-corrected chi connectivity index (χ3v) is 4.89. The molecule has 0 bridgehead atoms. The highest BCUT2D eigenvalue weighted by Gasteiger charge is 2.45. The maximum absolute atomic E-state index is 12.7. The molecule has 0 spiro atoms. The molecular weight excluding hydrogens is 368 g/mol. The van der Waals surface area contributed by atoms with E-state index in [-0.39, 0.29) is 22.7 Å². The number of nitro benzene ring substituents is 1.